The Balaban J connectivity index is 1.90. The van der Waals surface area contributed by atoms with Crippen molar-refractivity contribution < 1.29 is 14.3 Å². The van der Waals surface area contributed by atoms with Crippen molar-refractivity contribution in [2.75, 3.05) is 18.0 Å². The van der Waals surface area contributed by atoms with Gasteiger partial charge >= 0.3 is 5.97 Å². The second-order valence-electron chi connectivity index (χ2n) is 5.44. The van der Waals surface area contributed by atoms with Crippen LogP contribution in [0.2, 0.25) is 0 Å². The van der Waals surface area contributed by atoms with Crippen LogP contribution in [0.25, 0.3) is 11.3 Å². The van der Waals surface area contributed by atoms with E-state index in [1.807, 2.05) is 11.0 Å². The van der Waals surface area contributed by atoms with Gasteiger partial charge < -0.3 is 10.0 Å². The van der Waals surface area contributed by atoms with E-state index >= 15 is 0 Å². The molecule has 1 aromatic carbocycles. The number of rotatable bonds is 3. The number of carboxylic acid groups (broad SMARTS) is 1. The second-order valence-corrected chi connectivity index (χ2v) is 5.44. The maximum atomic E-state index is 13.0. The molecule has 1 N–H and O–H groups in total. The molecule has 1 atom stereocenters. The fourth-order valence-electron chi connectivity index (χ4n) is 2.65. The number of carboxylic acids is 1. The fraction of sp³-hybridized carbons (Fsp3) is 0.312. The third kappa shape index (κ3) is 2.90. The Bertz CT molecular complexity index is 703. The molecule has 1 aliphatic rings. The zero-order chi connectivity index (χ0) is 15.7. The zero-order valence-electron chi connectivity index (χ0n) is 12.2. The van der Waals surface area contributed by atoms with E-state index in [1.54, 1.807) is 19.1 Å². The molecule has 0 spiro atoms. The molecule has 0 saturated carbocycles. The monoisotopic (exact) mass is 301 g/mol. The molecule has 1 saturated heterocycles. The number of carbonyl (C=O) groups is 1. The molecule has 0 bridgehead atoms. The van der Waals surface area contributed by atoms with Crippen LogP contribution in [0.4, 0.5) is 10.2 Å². The normalized spacial score (nSPS) is 17.7. The minimum atomic E-state index is -0.771. The Morgan fingerprint density at radius 1 is 1.32 bits per heavy atom. The molecule has 0 aliphatic carbocycles. The third-order valence-corrected chi connectivity index (χ3v) is 3.83. The van der Waals surface area contributed by atoms with E-state index in [0.717, 1.165) is 11.4 Å². The van der Waals surface area contributed by atoms with Gasteiger partial charge in [-0.15, -0.1) is 0 Å². The number of aliphatic carboxylic acids is 1. The number of anilines is 1. The molecule has 114 valence electrons. The molecule has 2 aromatic rings. The first-order valence-corrected chi connectivity index (χ1v) is 7.12. The first kappa shape index (κ1) is 14.4. The van der Waals surface area contributed by atoms with E-state index in [9.17, 15) is 9.18 Å². The van der Waals surface area contributed by atoms with Crippen molar-refractivity contribution >= 4 is 11.8 Å². The lowest BCUT2D eigenvalue weighted by atomic mass is 10.1. The predicted octanol–water partition coefficient (Wildman–Crippen LogP) is 2.50. The molecule has 5 nitrogen and oxygen atoms in total. The number of benzene rings is 1. The Labute approximate surface area is 127 Å². The first-order chi connectivity index (χ1) is 10.5. The van der Waals surface area contributed by atoms with Gasteiger partial charge in [-0.05, 0) is 37.6 Å². The smallest absolute Gasteiger partial charge is 0.308 e. The van der Waals surface area contributed by atoms with Crippen molar-refractivity contribution in [3.8, 4) is 11.3 Å². The van der Waals surface area contributed by atoms with E-state index in [2.05, 4.69) is 9.97 Å². The van der Waals surface area contributed by atoms with Crippen molar-refractivity contribution in [2.24, 2.45) is 5.92 Å². The molecular formula is C16H16FN3O2. The van der Waals surface area contributed by atoms with Crippen LogP contribution in [0.5, 0.6) is 0 Å². The molecule has 0 radical (unpaired) electrons. The quantitative estimate of drug-likeness (QED) is 0.943. The van der Waals surface area contributed by atoms with Crippen LogP contribution in [0.1, 0.15) is 12.2 Å². The van der Waals surface area contributed by atoms with Crippen molar-refractivity contribution in [3.63, 3.8) is 0 Å². The number of aryl methyl sites for hydroxylation is 1. The van der Waals surface area contributed by atoms with Crippen LogP contribution in [-0.2, 0) is 4.79 Å². The van der Waals surface area contributed by atoms with Gasteiger partial charge in [0.15, 0.2) is 0 Å². The molecule has 1 fully saturated rings. The summed E-state index contributed by atoms with van der Waals surface area (Å²) in [6, 6.07) is 7.95. The van der Waals surface area contributed by atoms with Crippen LogP contribution in [0, 0.1) is 18.7 Å². The van der Waals surface area contributed by atoms with E-state index in [4.69, 9.17) is 5.11 Å². The van der Waals surface area contributed by atoms with E-state index in [1.165, 1.54) is 12.1 Å². The van der Waals surface area contributed by atoms with Gasteiger partial charge in [0.05, 0.1) is 11.6 Å². The minimum absolute atomic E-state index is 0.293. The zero-order valence-corrected chi connectivity index (χ0v) is 12.2. The summed E-state index contributed by atoms with van der Waals surface area (Å²) < 4.78 is 13.0. The highest BCUT2D eigenvalue weighted by Crippen LogP contribution is 2.26. The SMILES string of the molecule is Cc1nc(-c2ccc(F)cc2)cc(N2CC[C@@H](C(=O)O)C2)n1. The largest absolute Gasteiger partial charge is 0.481 e. The number of aromatic nitrogens is 2. The van der Waals surface area contributed by atoms with Gasteiger partial charge in [-0.1, -0.05) is 0 Å². The molecule has 6 heteroatoms. The number of hydrogen-bond acceptors (Lipinski definition) is 4. The number of halogens is 1. The van der Waals surface area contributed by atoms with Crippen molar-refractivity contribution in [1.82, 2.24) is 9.97 Å². The van der Waals surface area contributed by atoms with E-state index < -0.39 is 5.97 Å². The summed E-state index contributed by atoms with van der Waals surface area (Å²) in [6.07, 6.45) is 0.615. The highest BCUT2D eigenvalue weighted by Gasteiger charge is 2.29. The molecule has 2 heterocycles. The molecule has 1 aliphatic heterocycles. The summed E-state index contributed by atoms with van der Waals surface area (Å²) in [4.78, 5) is 21.8. The summed E-state index contributed by atoms with van der Waals surface area (Å²) in [5.74, 6) is -0.0960. The van der Waals surface area contributed by atoms with Crippen LogP contribution in [0.3, 0.4) is 0 Å². The lowest BCUT2D eigenvalue weighted by Crippen LogP contribution is -2.23. The highest BCUT2D eigenvalue weighted by atomic mass is 19.1. The third-order valence-electron chi connectivity index (χ3n) is 3.83. The molecule has 3 rings (SSSR count). The lowest BCUT2D eigenvalue weighted by Gasteiger charge is -2.18. The molecule has 22 heavy (non-hydrogen) atoms. The summed E-state index contributed by atoms with van der Waals surface area (Å²) in [5.41, 5.74) is 1.52. The van der Waals surface area contributed by atoms with Crippen LogP contribution >= 0.6 is 0 Å². The number of hydrogen-bond donors (Lipinski definition) is 1. The maximum absolute atomic E-state index is 13.0. The summed E-state index contributed by atoms with van der Waals surface area (Å²) in [7, 11) is 0. The molecule has 0 amide bonds. The average Bonchev–Trinajstić information content (AvgIpc) is 2.97. The Morgan fingerprint density at radius 3 is 2.68 bits per heavy atom. The van der Waals surface area contributed by atoms with Gasteiger partial charge in [0.25, 0.3) is 0 Å². The van der Waals surface area contributed by atoms with E-state index in [-0.39, 0.29) is 11.7 Å². The second kappa shape index (κ2) is 5.71. The predicted molar refractivity (Wildman–Crippen MR) is 80.1 cm³/mol. The van der Waals surface area contributed by atoms with Gasteiger partial charge in [-0.3, -0.25) is 4.79 Å². The van der Waals surface area contributed by atoms with Gasteiger partial charge in [0.2, 0.25) is 0 Å². The van der Waals surface area contributed by atoms with Crippen molar-refractivity contribution in [2.45, 2.75) is 13.3 Å². The Morgan fingerprint density at radius 2 is 2.05 bits per heavy atom. The molecule has 0 unspecified atom stereocenters. The van der Waals surface area contributed by atoms with Gasteiger partial charge in [-0.2, -0.15) is 0 Å². The van der Waals surface area contributed by atoms with Gasteiger partial charge in [0.1, 0.15) is 17.5 Å². The van der Waals surface area contributed by atoms with Crippen LogP contribution in [0.15, 0.2) is 30.3 Å². The fourth-order valence-corrected chi connectivity index (χ4v) is 2.65. The van der Waals surface area contributed by atoms with Crippen LogP contribution in [-0.4, -0.2) is 34.1 Å². The maximum Gasteiger partial charge on any atom is 0.308 e. The lowest BCUT2D eigenvalue weighted by molar-refractivity contribution is -0.140. The van der Waals surface area contributed by atoms with Crippen LogP contribution < -0.4 is 4.90 Å². The van der Waals surface area contributed by atoms with Crippen molar-refractivity contribution in [1.29, 1.82) is 0 Å². The Hall–Kier alpha value is -2.50. The highest BCUT2D eigenvalue weighted by molar-refractivity contribution is 5.72. The van der Waals surface area contributed by atoms with Crippen molar-refractivity contribution in [3.05, 3.63) is 42.0 Å². The van der Waals surface area contributed by atoms with Gasteiger partial charge in [0, 0.05) is 24.7 Å². The minimum Gasteiger partial charge on any atom is -0.481 e. The Kier molecular flexibility index (Phi) is 3.75. The standard InChI is InChI=1S/C16H16FN3O2/c1-10-18-14(11-2-4-13(17)5-3-11)8-15(19-10)20-7-6-12(9-20)16(21)22/h2-5,8,12H,6-7,9H2,1H3,(H,21,22)/t12-/m1/s1. The topological polar surface area (TPSA) is 66.3 Å². The summed E-state index contributed by atoms with van der Waals surface area (Å²) in [6.45, 7) is 2.91. The molecule has 1 aromatic heterocycles. The summed E-state index contributed by atoms with van der Waals surface area (Å²) >= 11 is 0. The van der Waals surface area contributed by atoms with Gasteiger partial charge in [-0.25, -0.2) is 14.4 Å². The average molecular weight is 301 g/mol. The summed E-state index contributed by atoms with van der Waals surface area (Å²) in [5, 5.41) is 9.10. The molecular weight excluding hydrogens is 285 g/mol. The number of nitrogens with zero attached hydrogens (tertiary/aromatic N) is 3. The van der Waals surface area contributed by atoms with E-state index in [0.29, 0.717) is 31.0 Å². The first-order valence-electron chi connectivity index (χ1n) is 7.12.